The van der Waals surface area contributed by atoms with Crippen LogP contribution in [0.15, 0.2) is 54.7 Å². The maximum absolute atomic E-state index is 13.3. The molecule has 0 saturated carbocycles. The van der Waals surface area contributed by atoms with Crippen LogP contribution in [0.5, 0.6) is 5.75 Å². The van der Waals surface area contributed by atoms with Crippen LogP contribution < -0.4 is 4.74 Å². The van der Waals surface area contributed by atoms with Crippen molar-refractivity contribution < 1.29 is 19.0 Å². The zero-order valence-corrected chi connectivity index (χ0v) is 13.4. The number of hydrogen-bond acceptors (Lipinski definition) is 5. The van der Waals surface area contributed by atoms with Crippen molar-refractivity contribution in [3.8, 4) is 23.2 Å². The molecule has 0 fully saturated rings. The maximum Gasteiger partial charge on any atom is 0.354 e. The van der Waals surface area contributed by atoms with Crippen LogP contribution in [0, 0.1) is 17.1 Å². The number of nitrogens with zero attached hydrogens (tertiary/aromatic N) is 3. The molecule has 0 bridgehead atoms. The lowest BCUT2D eigenvalue weighted by molar-refractivity contribution is 0.0690. The predicted molar refractivity (Wildman–Crippen MR) is 89.9 cm³/mol. The molecule has 128 valence electrons. The Bertz CT molecular complexity index is 998. The Morgan fingerprint density at radius 1 is 1.19 bits per heavy atom. The molecule has 7 heteroatoms. The zero-order valence-electron chi connectivity index (χ0n) is 13.4. The van der Waals surface area contributed by atoms with E-state index in [1.807, 2.05) is 0 Å². The van der Waals surface area contributed by atoms with Gasteiger partial charge in [0.1, 0.15) is 24.2 Å². The van der Waals surface area contributed by atoms with E-state index in [1.54, 1.807) is 36.4 Å². The summed E-state index contributed by atoms with van der Waals surface area (Å²) in [5, 5.41) is 17.8. The van der Waals surface area contributed by atoms with Crippen molar-refractivity contribution >= 4 is 5.97 Å². The Balaban J connectivity index is 1.71. The van der Waals surface area contributed by atoms with Gasteiger partial charge in [0.2, 0.25) is 0 Å². The molecule has 0 amide bonds. The standard InChI is InChI=1S/C19H12FN3O3/c20-16-6-1-12(9-14(16)10-21)11-26-15-4-2-13(3-5-15)18-22-8-7-17(23-18)19(24)25/h1-9H,11H2,(H,24,25). The van der Waals surface area contributed by atoms with Crippen LogP contribution in [0.1, 0.15) is 21.6 Å². The van der Waals surface area contributed by atoms with Gasteiger partial charge >= 0.3 is 5.97 Å². The van der Waals surface area contributed by atoms with Crippen molar-refractivity contribution in [2.24, 2.45) is 0 Å². The van der Waals surface area contributed by atoms with Crippen molar-refractivity contribution in [1.82, 2.24) is 9.97 Å². The summed E-state index contributed by atoms with van der Waals surface area (Å²) in [6, 6.07) is 14.1. The lowest BCUT2D eigenvalue weighted by Gasteiger charge is -2.08. The molecule has 0 aliphatic rings. The molecule has 3 aromatic rings. The minimum atomic E-state index is -1.12. The number of carbonyl (C=O) groups is 1. The molecule has 0 unspecified atom stereocenters. The Morgan fingerprint density at radius 2 is 1.96 bits per heavy atom. The summed E-state index contributed by atoms with van der Waals surface area (Å²) in [7, 11) is 0. The fraction of sp³-hybridized carbons (Fsp3) is 0.0526. The second kappa shape index (κ2) is 7.40. The largest absolute Gasteiger partial charge is 0.489 e. The van der Waals surface area contributed by atoms with Gasteiger partial charge in [-0.05, 0) is 48.0 Å². The Morgan fingerprint density at radius 3 is 2.65 bits per heavy atom. The van der Waals surface area contributed by atoms with Crippen molar-refractivity contribution in [2.75, 3.05) is 0 Å². The molecule has 6 nitrogen and oxygen atoms in total. The number of aromatic carboxylic acids is 1. The molecule has 0 aliphatic carbocycles. The first-order valence-corrected chi connectivity index (χ1v) is 7.55. The number of halogens is 1. The molecular formula is C19H12FN3O3. The smallest absolute Gasteiger partial charge is 0.354 e. The summed E-state index contributed by atoms with van der Waals surface area (Å²) in [5.74, 6) is -0.826. The summed E-state index contributed by atoms with van der Waals surface area (Å²) in [5.41, 5.74) is 1.20. The first kappa shape index (κ1) is 17.0. The van der Waals surface area contributed by atoms with Gasteiger partial charge < -0.3 is 9.84 Å². The molecular weight excluding hydrogens is 337 g/mol. The van der Waals surface area contributed by atoms with E-state index in [2.05, 4.69) is 9.97 Å². The van der Waals surface area contributed by atoms with Crippen LogP contribution in [0.2, 0.25) is 0 Å². The SMILES string of the molecule is N#Cc1cc(COc2ccc(-c3nccc(C(=O)O)n3)cc2)ccc1F. The third-order valence-electron chi connectivity index (χ3n) is 3.54. The lowest BCUT2D eigenvalue weighted by atomic mass is 10.1. The highest BCUT2D eigenvalue weighted by molar-refractivity contribution is 5.85. The molecule has 0 atom stereocenters. The van der Waals surface area contributed by atoms with Crippen molar-refractivity contribution in [3.05, 3.63) is 77.4 Å². The summed E-state index contributed by atoms with van der Waals surface area (Å²) in [6.45, 7) is 0.180. The summed E-state index contributed by atoms with van der Waals surface area (Å²) < 4.78 is 18.9. The third-order valence-corrected chi connectivity index (χ3v) is 3.54. The molecule has 1 aromatic heterocycles. The van der Waals surface area contributed by atoms with E-state index in [4.69, 9.17) is 15.1 Å². The number of carboxylic acids is 1. The maximum atomic E-state index is 13.3. The second-order valence-electron chi connectivity index (χ2n) is 5.31. The average molecular weight is 349 g/mol. The quantitative estimate of drug-likeness (QED) is 0.758. The number of aromatic nitrogens is 2. The van der Waals surface area contributed by atoms with Gasteiger partial charge in [-0.15, -0.1) is 0 Å². The number of rotatable bonds is 5. The van der Waals surface area contributed by atoms with Gasteiger partial charge in [-0.3, -0.25) is 0 Å². The normalized spacial score (nSPS) is 10.2. The summed E-state index contributed by atoms with van der Waals surface area (Å²) in [4.78, 5) is 19.0. The monoisotopic (exact) mass is 349 g/mol. The molecule has 0 aliphatic heterocycles. The zero-order chi connectivity index (χ0) is 18.5. The topological polar surface area (TPSA) is 96.1 Å². The number of benzene rings is 2. The van der Waals surface area contributed by atoms with Crippen LogP contribution in [0.3, 0.4) is 0 Å². The molecule has 0 spiro atoms. The fourth-order valence-corrected chi connectivity index (χ4v) is 2.23. The van der Waals surface area contributed by atoms with Crippen LogP contribution in [0.25, 0.3) is 11.4 Å². The second-order valence-corrected chi connectivity index (χ2v) is 5.31. The van der Waals surface area contributed by atoms with Crippen LogP contribution in [-0.4, -0.2) is 21.0 Å². The van der Waals surface area contributed by atoms with Gasteiger partial charge in [0.25, 0.3) is 0 Å². The van der Waals surface area contributed by atoms with E-state index in [1.165, 1.54) is 24.4 Å². The van der Waals surface area contributed by atoms with E-state index in [9.17, 15) is 9.18 Å². The molecule has 1 N–H and O–H groups in total. The molecule has 26 heavy (non-hydrogen) atoms. The predicted octanol–water partition coefficient (Wildman–Crippen LogP) is 3.43. The van der Waals surface area contributed by atoms with Crippen LogP contribution in [-0.2, 0) is 6.61 Å². The molecule has 1 heterocycles. The summed E-state index contributed by atoms with van der Waals surface area (Å²) in [6.07, 6.45) is 1.39. The highest BCUT2D eigenvalue weighted by atomic mass is 19.1. The number of carboxylic acid groups (broad SMARTS) is 1. The Hall–Kier alpha value is -3.79. The van der Waals surface area contributed by atoms with E-state index < -0.39 is 11.8 Å². The van der Waals surface area contributed by atoms with Gasteiger partial charge in [0.15, 0.2) is 11.5 Å². The van der Waals surface area contributed by atoms with Gasteiger partial charge in [0.05, 0.1) is 5.56 Å². The van der Waals surface area contributed by atoms with Crippen LogP contribution >= 0.6 is 0 Å². The minimum absolute atomic E-state index is 0.0306. The number of hydrogen-bond donors (Lipinski definition) is 1. The van der Waals surface area contributed by atoms with Gasteiger partial charge in [-0.25, -0.2) is 19.2 Å². The molecule has 3 rings (SSSR count). The Labute approximate surface area is 148 Å². The number of nitriles is 1. The van der Waals surface area contributed by atoms with E-state index in [-0.39, 0.29) is 17.9 Å². The van der Waals surface area contributed by atoms with Gasteiger partial charge in [-0.2, -0.15) is 5.26 Å². The van der Waals surface area contributed by atoms with Crippen molar-refractivity contribution in [2.45, 2.75) is 6.61 Å². The Kier molecular flexibility index (Phi) is 4.85. The molecule has 0 saturated heterocycles. The third kappa shape index (κ3) is 3.82. The number of ether oxygens (including phenoxy) is 1. The van der Waals surface area contributed by atoms with Crippen molar-refractivity contribution in [3.63, 3.8) is 0 Å². The van der Waals surface area contributed by atoms with Gasteiger partial charge in [-0.1, -0.05) is 6.07 Å². The summed E-state index contributed by atoms with van der Waals surface area (Å²) >= 11 is 0. The minimum Gasteiger partial charge on any atom is -0.489 e. The fourth-order valence-electron chi connectivity index (χ4n) is 2.23. The highest BCUT2D eigenvalue weighted by Gasteiger charge is 2.08. The van der Waals surface area contributed by atoms with Gasteiger partial charge in [0, 0.05) is 11.8 Å². The van der Waals surface area contributed by atoms with E-state index in [0.29, 0.717) is 22.7 Å². The van der Waals surface area contributed by atoms with Crippen molar-refractivity contribution in [1.29, 1.82) is 5.26 Å². The first-order chi connectivity index (χ1) is 12.6. The molecule has 2 aromatic carbocycles. The average Bonchev–Trinajstić information content (AvgIpc) is 2.68. The van der Waals surface area contributed by atoms with Crippen LogP contribution in [0.4, 0.5) is 4.39 Å². The van der Waals surface area contributed by atoms with E-state index >= 15 is 0 Å². The van der Waals surface area contributed by atoms with E-state index in [0.717, 1.165) is 0 Å². The first-order valence-electron chi connectivity index (χ1n) is 7.55. The molecule has 0 radical (unpaired) electrons. The highest BCUT2D eigenvalue weighted by Crippen LogP contribution is 2.20. The lowest BCUT2D eigenvalue weighted by Crippen LogP contribution is -2.02.